The Morgan fingerprint density at radius 2 is 1.82 bits per heavy atom. The molecular weight excluding hydrogens is 290 g/mol. The topological polar surface area (TPSA) is 36.4 Å². The molecule has 2 N–H and O–H groups in total. The summed E-state index contributed by atoms with van der Waals surface area (Å²) in [4.78, 5) is 0. The predicted octanol–water partition coefficient (Wildman–Crippen LogP) is 4.97. The first-order valence-corrected chi connectivity index (χ1v) is 8.06. The summed E-state index contributed by atoms with van der Waals surface area (Å²) in [5, 5.41) is 7.02. The third-order valence-electron chi connectivity index (χ3n) is 2.84. The van der Waals surface area contributed by atoms with Gasteiger partial charge in [0.2, 0.25) is 0 Å². The number of allylic oxidation sites excluding steroid dienone is 2. The molecule has 122 valence electrons. The summed E-state index contributed by atoms with van der Waals surface area (Å²) in [5.74, 6) is 1.16. The summed E-state index contributed by atoms with van der Waals surface area (Å²) in [6.45, 7) is 10.7. The molecule has 1 aromatic carbocycles. The number of hydrazone groups is 1. The van der Waals surface area contributed by atoms with Gasteiger partial charge in [0.05, 0.1) is 5.49 Å². The summed E-state index contributed by atoms with van der Waals surface area (Å²) >= 11 is 4.52. The molecule has 0 atom stereocenters. The fourth-order valence-electron chi connectivity index (χ4n) is 1.97. The van der Waals surface area contributed by atoms with Crippen LogP contribution in [0.5, 0.6) is 0 Å². The van der Waals surface area contributed by atoms with E-state index < -0.39 is 0 Å². The van der Waals surface area contributed by atoms with E-state index in [0.717, 1.165) is 5.57 Å². The van der Waals surface area contributed by atoms with Crippen molar-refractivity contribution in [2.24, 2.45) is 11.0 Å². The standard InChI is InChI=1S/C10H15N.C8H14N2S/c1-8(2)9-6-4-5-7-10(9)11-3;1-7(2)4-8(3)5-9-10-6-11/h4-8,11H,1-3H3;4-7H,1-3H3,(H,10,11)/b;8-4-,9-5+. The minimum Gasteiger partial charge on any atom is -0.388 e. The Bertz CT molecular complexity index is 491. The lowest BCUT2D eigenvalue weighted by Gasteiger charge is -2.10. The van der Waals surface area contributed by atoms with Crippen molar-refractivity contribution in [3.05, 3.63) is 41.5 Å². The number of benzene rings is 1. The van der Waals surface area contributed by atoms with E-state index in [1.54, 1.807) is 6.21 Å². The number of hydrogen-bond acceptors (Lipinski definition) is 3. The molecule has 1 aromatic rings. The van der Waals surface area contributed by atoms with Crippen LogP contribution in [0.3, 0.4) is 0 Å². The molecule has 3 nitrogen and oxygen atoms in total. The highest BCUT2D eigenvalue weighted by molar-refractivity contribution is 7.78. The van der Waals surface area contributed by atoms with Gasteiger partial charge in [0, 0.05) is 18.9 Å². The molecule has 0 aliphatic carbocycles. The van der Waals surface area contributed by atoms with Crippen LogP contribution in [0.15, 0.2) is 41.0 Å². The fourth-order valence-corrected chi connectivity index (χ4v) is 2.03. The van der Waals surface area contributed by atoms with Gasteiger partial charge in [0.15, 0.2) is 0 Å². The van der Waals surface area contributed by atoms with Gasteiger partial charge in [0.1, 0.15) is 0 Å². The Labute approximate surface area is 140 Å². The monoisotopic (exact) mass is 319 g/mol. The lowest BCUT2D eigenvalue weighted by molar-refractivity contribution is 0.827. The number of rotatable bonds is 6. The molecule has 0 spiro atoms. The number of nitrogens with one attached hydrogen (secondary N) is 2. The normalized spacial score (nSPS) is 11.4. The van der Waals surface area contributed by atoms with Crippen molar-refractivity contribution < 1.29 is 0 Å². The van der Waals surface area contributed by atoms with Gasteiger partial charge < -0.3 is 5.32 Å². The molecule has 0 saturated carbocycles. The maximum absolute atomic E-state index is 4.52. The van der Waals surface area contributed by atoms with E-state index in [1.807, 2.05) is 14.0 Å². The molecule has 0 saturated heterocycles. The van der Waals surface area contributed by atoms with E-state index in [-0.39, 0.29) is 0 Å². The van der Waals surface area contributed by atoms with Gasteiger partial charge >= 0.3 is 0 Å². The first-order chi connectivity index (χ1) is 10.4. The van der Waals surface area contributed by atoms with Gasteiger partial charge in [-0.05, 0) is 36.0 Å². The summed E-state index contributed by atoms with van der Waals surface area (Å²) in [5.41, 5.74) is 7.71. The van der Waals surface area contributed by atoms with Gasteiger partial charge in [-0.1, -0.05) is 64.2 Å². The first kappa shape index (κ1) is 20.3. The molecule has 0 radical (unpaired) electrons. The lowest BCUT2D eigenvalue weighted by atomic mass is 10.0. The molecule has 0 amide bonds. The van der Waals surface area contributed by atoms with E-state index >= 15 is 0 Å². The number of nitrogens with zero attached hydrogens (tertiary/aromatic N) is 1. The second kappa shape index (κ2) is 11.9. The summed E-state index contributed by atoms with van der Waals surface area (Å²) < 4.78 is 0. The van der Waals surface area contributed by atoms with E-state index in [4.69, 9.17) is 0 Å². The third-order valence-corrected chi connectivity index (χ3v) is 2.95. The Balaban J connectivity index is 0.000000401. The Hall–Kier alpha value is -1.68. The highest BCUT2D eigenvalue weighted by atomic mass is 32.1. The molecule has 0 heterocycles. The minimum absolute atomic E-state index is 0.564. The highest BCUT2D eigenvalue weighted by Gasteiger charge is 2.02. The van der Waals surface area contributed by atoms with Crippen molar-refractivity contribution in [2.75, 3.05) is 12.4 Å². The van der Waals surface area contributed by atoms with Gasteiger partial charge in [-0.3, -0.25) is 5.43 Å². The second-order valence-electron chi connectivity index (χ2n) is 5.65. The number of hydrogen-bond donors (Lipinski definition) is 2. The van der Waals surface area contributed by atoms with Gasteiger partial charge in [-0.25, -0.2) is 0 Å². The van der Waals surface area contributed by atoms with E-state index in [0.29, 0.717) is 11.8 Å². The first-order valence-electron chi connectivity index (χ1n) is 7.59. The summed E-state index contributed by atoms with van der Waals surface area (Å²) in [6.07, 6.45) is 3.89. The van der Waals surface area contributed by atoms with Crippen molar-refractivity contribution in [1.82, 2.24) is 5.43 Å². The van der Waals surface area contributed by atoms with Crippen molar-refractivity contribution >= 4 is 29.6 Å². The summed E-state index contributed by atoms with van der Waals surface area (Å²) in [7, 11) is 1.96. The van der Waals surface area contributed by atoms with Crippen LogP contribution in [0, 0.1) is 5.92 Å². The Morgan fingerprint density at radius 3 is 2.27 bits per heavy atom. The zero-order valence-electron chi connectivity index (χ0n) is 14.6. The molecule has 0 aliphatic rings. The van der Waals surface area contributed by atoms with Crippen molar-refractivity contribution in [3.63, 3.8) is 0 Å². The van der Waals surface area contributed by atoms with Crippen LogP contribution in [0.4, 0.5) is 5.69 Å². The molecule has 22 heavy (non-hydrogen) atoms. The SMILES string of the molecule is CC(=C/C(C)C)/C=N/NC=S.CNc1ccccc1C(C)C. The molecule has 0 fully saturated rings. The molecule has 0 unspecified atom stereocenters. The van der Waals surface area contributed by atoms with Crippen LogP contribution in [-0.4, -0.2) is 18.8 Å². The lowest BCUT2D eigenvalue weighted by Crippen LogP contribution is -1.99. The molecule has 0 aromatic heterocycles. The zero-order chi connectivity index (χ0) is 17.0. The maximum Gasteiger partial charge on any atom is 0.0829 e. The van der Waals surface area contributed by atoms with Crippen molar-refractivity contribution in [1.29, 1.82) is 0 Å². The number of thiocarbonyl (C=S) groups is 1. The smallest absolute Gasteiger partial charge is 0.0829 e. The predicted molar refractivity (Wildman–Crippen MR) is 104 cm³/mol. The number of anilines is 1. The highest BCUT2D eigenvalue weighted by Crippen LogP contribution is 2.22. The van der Waals surface area contributed by atoms with Crippen LogP contribution < -0.4 is 10.7 Å². The van der Waals surface area contributed by atoms with Crippen LogP contribution >= 0.6 is 12.2 Å². The van der Waals surface area contributed by atoms with Crippen molar-refractivity contribution in [3.8, 4) is 0 Å². The third kappa shape index (κ3) is 9.29. The van der Waals surface area contributed by atoms with E-state index in [1.165, 1.54) is 16.7 Å². The molecule has 0 bridgehead atoms. The van der Waals surface area contributed by atoms with E-state index in [2.05, 4.69) is 86.1 Å². The van der Waals surface area contributed by atoms with E-state index in [9.17, 15) is 0 Å². The van der Waals surface area contributed by atoms with Gasteiger partial charge in [-0.15, -0.1) is 0 Å². The molecular formula is C18H29N3S. The second-order valence-corrected chi connectivity index (χ2v) is 5.89. The van der Waals surface area contributed by atoms with Crippen LogP contribution in [-0.2, 0) is 0 Å². The Morgan fingerprint density at radius 1 is 1.18 bits per heavy atom. The average Bonchev–Trinajstić information content (AvgIpc) is 2.47. The van der Waals surface area contributed by atoms with Gasteiger partial charge in [-0.2, -0.15) is 5.10 Å². The fraction of sp³-hybridized carbons (Fsp3) is 0.444. The van der Waals surface area contributed by atoms with Gasteiger partial charge in [0.25, 0.3) is 0 Å². The molecule has 4 heteroatoms. The van der Waals surface area contributed by atoms with Crippen molar-refractivity contribution in [2.45, 2.75) is 40.5 Å². The number of para-hydroxylation sites is 1. The molecule has 0 aliphatic heterocycles. The van der Waals surface area contributed by atoms with Crippen LogP contribution in [0.1, 0.15) is 46.1 Å². The van der Waals surface area contributed by atoms with Crippen LogP contribution in [0.2, 0.25) is 0 Å². The quantitative estimate of drug-likeness (QED) is 0.441. The molecule has 1 rings (SSSR count). The summed E-state index contributed by atoms with van der Waals surface area (Å²) in [6, 6.07) is 8.40. The average molecular weight is 320 g/mol. The van der Waals surface area contributed by atoms with Crippen LogP contribution in [0.25, 0.3) is 0 Å². The largest absolute Gasteiger partial charge is 0.388 e. The zero-order valence-corrected chi connectivity index (χ0v) is 15.4. The maximum atomic E-state index is 4.52. The minimum atomic E-state index is 0.564. The Kier molecular flexibility index (Phi) is 11.0.